The summed E-state index contributed by atoms with van der Waals surface area (Å²) in [7, 11) is 1.82. The number of aliphatic imine (C=N–C) groups is 1. The van der Waals surface area contributed by atoms with E-state index in [1.165, 1.54) is 0 Å². The number of halogens is 2. The van der Waals surface area contributed by atoms with Crippen molar-refractivity contribution in [2.75, 3.05) is 26.7 Å². The van der Waals surface area contributed by atoms with E-state index >= 15 is 0 Å². The molecule has 1 heterocycles. The molecule has 1 saturated carbocycles. The Hall–Kier alpha value is -1.83. The van der Waals surface area contributed by atoms with Crippen LogP contribution >= 0.6 is 24.0 Å². The lowest BCUT2D eigenvalue weighted by atomic mass is 9.95. The summed E-state index contributed by atoms with van der Waals surface area (Å²) >= 11 is 0. The maximum atomic E-state index is 14.2. The quantitative estimate of drug-likeness (QED) is 0.364. The first-order valence-corrected chi connectivity index (χ1v) is 10.1. The number of hydrogen-bond donors (Lipinski definition) is 1. The zero-order valence-electron chi connectivity index (χ0n) is 16.8. The van der Waals surface area contributed by atoms with Crippen LogP contribution in [0.15, 0.2) is 59.6 Å². The van der Waals surface area contributed by atoms with Gasteiger partial charge in [0.15, 0.2) is 5.96 Å². The molecule has 0 atom stereocenters. The average molecular weight is 509 g/mol. The minimum atomic E-state index is -0.101. The Morgan fingerprint density at radius 3 is 2.38 bits per heavy atom. The first-order valence-electron chi connectivity index (χ1n) is 10.1. The zero-order valence-corrected chi connectivity index (χ0v) is 19.1. The van der Waals surface area contributed by atoms with Crippen LogP contribution in [0, 0.1) is 5.82 Å². The van der Waals surface area contributed by atoms with Gasteiger partial charge in [-0.1, -0.05) is 36.4 Å². The second-order valence-corrected chi connectivity index (χ2v) is 7.78. The van der Waals surface area contributed by atoms with Crippen LogP contribution in [0.3, 0.4) is 0 Å². The largest absolute Gasteiger partial charge is 0.490 e. The third-order valence-electron chi connectivity index (χ3n) is 5.88. The van der Waals surface area contributed by atoms with E-state index in [4.69, 9.17) is 4.74 Å². The van der Waals surface area contributed by atoms with Crippen molar-refractivity contribution >= 4 is 29.9 Å². The summed E-state index contributed by atoms with van der Waals surface area (Å²) in [6, 6.07) is 17.2. The summed E-state index contributed by atoms with van der Waals surface area (Å²) in [5, 5.41) is 3.50. The number of nitrogens with one attached hydrogen (secondary N) is 1. The minimum Gasteiger partial charge on any atom is -0.490 e. The Kier molecular flexibility index (Phi) is 7.38. The first kappa shape index (κ1) is 21.9. The molecule has 0 radical (unpaired) electrons. The summed E-state index contributed by atoms with van der Waals surface area (Å²) in [4.78, 5) is 6.74. The van der Waals surface area contributed by atoms with Crippen LogP contribution in [0.4, 0.5) is 4.39 Å². The van der Waals surface area contributed by atoms with Gasteiger partial charge >= 0.3 is 0 Å². The molecule has 0 bridgehead atoms. The van der Waals surface area contributed by atoms with Crippen molar-refractivity contribution in [2.45, 2.75) is 37.2 Å². The average Bonchev–Trinajstić information content (AvgIpc) is 3.51. The van der Waals surface area contributed by atoms with Crippen LogP contribution in [0.25, 0.3) is 0 Å². The number of ether oxygens (including phenoxy) is 1. The molecular formula is C23H29FIN3O. The van der Waals surface area contributed by atoms with Gasteiger partial charge in [-0.3, -0.25) is 4.99 Å². The predicted molar refractivity (Wildman–Crippen MR) is 126 cm³/mol. The van der Waals surface area contributed by atoms with Crippen molar-refractivity contribution in [3.8, 4) is 5.75 Å². The maximum absolute atomic E-state index is 14.2. The highest BCUT2D eigenvalue weighted by Crippen LogP contribution is 2.48. The van der Waals surface area contributed by atoms with Gasteiger partial charge in [0.25, 0.3) is 0 Å². The summed E-state index contributed by atoms with van der Waals surface area (Å²) in [6.45, 7) is 2.54. The third kappa shape index (κ3) is 5.21. The van der Waals surface area contributed by atoms with Crippen LogP contribution in [-0.2, 0) is 5.41 Å². The van der Waals surface area contributed by atoms with Crippen LogP contribution in [0.5, 0.6) is 5.75 Å². The number of hydrogen-bond acceptors (Lipinski definition) is 2. The molecule has 0 spiro atoms. The van der Waals surface area contributed by atoms with Gasteiger partial charge in [0, 0.05) is 44.9 Å². The minimum absolute atomic E-state index is 0. The summed E-state index contributed by atoms with van der Waals surface area (Å²) in [5.74, 6) is 1.74. The lowest BCUT2D eigenvalue weighted by Crippen LogP contribution is -2.49. The molecule has 1 N–H and O–H groups in total. The number of benzene rings is 2. The fraction of sp³-hybridized carbons (Fsp3) is 0.435. The fourth-order valence-corrected chi connectivity index (χ4v) is 4.04. The van der Waals surface area contributed by atoms with Crippen LogP contribution < -0.4 is 10.1 Å². The van der Waals surface area contributed by atoms with E-state index < -0.39 is 0 Å². The smallest absolute Gasteiger partial charge is 0.193 e. The molecule has 2 aliphatic rings. The Balaban J connectivity index is 0.00000240. The molecule has 4 rings (SSSR count). The number of nitrogens with zero attached hydrogens (tertiary/aromatic N) is 2. The molecule has 0 amide bonds. The third-order valence-corrected chi connectivity index (χ3v) is 5.88. The molecule has 4 nitrogen and oxygen atoms in total. The van der Waals surface area contributed by atoms with Gasteiger partial charge in [-0.15, -0.1) is 24.0 Å². The topological polar surface area (TPSA) is 36.9 Å². The van der Waals surface area contributed by atoms with E-state index in [0.29, 0.717) is 0 Å². The van der Waals surface area contributed by atoms with E-state index in [-0.39, 0.29) is 41.3 Å². The fourth-order valence-electron chi connectivity index (χ4n) is 4.04. The molecular weight excluding hydrogens is 480 g/mol. The van der Waals surface area contributed by atoms with Crippen LogP contribution in [-0.4, -0.2) is 43.6 Å². The van der Waals surface area contributed by atoms with E-state index in [1.54, 1.807) is 12.1 Å². The SMILES string of the molecule is CN=C(NCC1(c2ccccc2F)CC1)N1CCC(Oc2ccccc2)CC1.I. The van der Waals surface area contributed by atoms with Gasteiger partial charge in [0.05, 0.1) is 0 Å². The highest BCUT2D eigenvalue weighted by molar-refractivity contribution is 14.0. The number of piperidine rings is 1. The molecule has 1 saturated heterocycles. The standard InChI is InChI=1S/C23H28FN3O.HI/c1-25-22(26-17-23(13-14-23)20-9-5-6-10-21(20)24)27-15-11-19(12-16-27)28-18-7-3-2-4-8-18;/h2-10,19H,11-17H2,1H3,(H,25,26);1H. The Morgan fingerprint density at radius 1 is 1.10 bits per heavy atom. The van der Waals surface area contributed by atoms with Crippen molar-refractivity contribution in [2.24, 2.45) is 4.99 Å². The van der Waals surface area contributed by atoms with Gasteiger partial charge in [0.1, 0.15) is 17.7 Å². The van der Waals surface area contributed by atoms with Crippen LogP contribution in [0.2, 0.25) is 0 Å². The molecule has 2 fully saturated rings. The maximum Gasteiger partial charge on any atom is 0.193 e. The molecule has 1 aliphatic heterocycles. The van der Waals surface area contributed by atoms with Crippen molar-refractivity contribution in [3.05, 3.63) is 66.0 Å². The summed E-state index contributed by atoms with van der Waals surface area (Å²) < 4.78 is 20.3. The molecule has 0 unspecified atom stereocenters. The van der Waals surface area contributed by atoms with Gasteiger partial charge in [0.2, 0.25) is 0 Å². The first-order chi connectivity index (χ1) is 13.7. The number of likely N-dealkylation sites (tertiary alicyclic amines) is 1. The lowest BCUT2D eigenvalue weighted by molar-refractivity contribution is 0.129. The summed E-state index contributed by atoms with van der Waals surface area (Å²) in [6.07, 6.45) is 4.21. The lowest BCUT2D eigenvalue weighted by Gasteiger charge is -2.35. The Labute approximate surface area is 189 Å². The van der Waals surface area contributed by atoms with E-state index in [0.717, 1.165) is 62.6 Å². The Morgan fingerprint density at radius 2 is 1.76 bits per heavy atom. The zero-order chi connectivity index (χ0) is 19.4. The van der Waals surface area contributed by atoms with E-state index in [9.17, 15) is 4.39 Å². The molecule has 0 aromatic heterocycles. The highest BCUT2D eigenvalue weighted by atomic mass is 127. The molecule has 2 aromatic carbocycles. The van der Waals surface area contributed by atoms with Crippen molar-refractivity contribution in [1.82, 2.24) is 10.2 Å². The monoisotopic (exact) mass is 509 g/mol. The number of para-hydroxylation sites is 1. The normalized spacial score (nSPS) is 18.7. The van der Waals surface area contributed by atoms with Crippen molar-refractivity contribution < 1.29 is 9.13 Å². The second kappa shape index (κ2) is 9.78. The van der Waals surface area contributed by atoms with Gasteiger partial charge in [-0.25, -0.2) is 4.39 Å². The highest BCUT2D eigenvalue weighted by Gasteiger charge is 2.46. The Bertz CT molecular complexity index is 818. The predicted octanol–water partition coefficient (Wildman–Crippen LogP) is 4.59. The molecule has 2 aromatic rings. The van der Waals surface area contributed by atoms with E-state index in [1.807, 2.05) is 49.5 Å². The van der Waals surface area contributed by atoms with Crippen LogP contribution in [0.1, 0.15) is 31.2 Å². The van der Waals surface area contributed by atoms with Gasteiger partial charge in [-0.2, -0.15) is 0 Å². The molecule has 6 heteroatoms. The molecule has 1 aliphatic carbocycles. The number of rotatable bonds is 5. The summed E-state index contributed by atoms with van der Waals surface area (Å²) in [5.41, 5.74) is 0.740. The van der Waals surface area contributed by atoms with E-state index in [2.05, 4.69) is 15.2 Å². The molecule has 156 valence electrons. The second-order valence-electron chi connectivity index (χ2n) is 7.78. The van der Waals surface area contributed by atoms with Gasteiger partial charge < -0.3 is 15.0 Å². The van der Waals surface area contributed by atoms with Crippen molar-refractivity contribution in [1.29, 1.82) is 0 Å². The van der Waals surface area contributed by atoms with Gasteiger partial charge in [-0.05, 0) is 36.6 Å². The van der Waals surface area contributed by atoms with Crippen molar-refractivity contribution in [3.63, 3.8) is 0 Å². The number of guanidine groups is 1. The molecule has 29 heavy (non-hydrogen) atoms.